The van der Waals surface area contributed by atoms with E-state index in [9.17, 15) is 4.79 Å². The van der Waals surface area contributed by atoms with Gasteiger partial charge in [-0.15, -0.1) is 0 Å². The molecule has 0 spiro atoms. The molecule has 0 fully saturated rings. The lowest BCUT2D eigenvalue weighted by molar-refractivity contribution is -0.114. The fourth-order valence-electron chi connectivity index (χ4n) is 2.78. The van der Waals surface area contributed by atoms with Gasteiger partial charge in [-0.2, -0.15) is 0 Å². The number of rotatable bonds is 4. The molecule has 0 aliphatic heterocycles. The number of methoxy groups -OCH3 is 1. The number of carbonyl (C=O) groups is 1. The number of ether oxygens (including phenoxy) is 1. The molecule has 0 bridgehead atoms. The number of H-pyrrole nitrogens is 1. The number of carbonyl (C=O) groups excluding carboxylic acids is 1. The first-order valence-corrected chi connectivity index (χ1v) is 9.16. The molecule has 0 aliphatic carbocycles. The normalized spacial score (nSPS) is 10.9. The van der Waals surface area contributed by atoms with Gasteiger partial charge in [0.25, 0.3) is 0 Å². The minimum Gasteiger partial charge on any atom is -0.486 e. The number of aromatic amines is 1. The average molecular weight is 400 g/mol. The van der Waals surface area contributed by atoms with E-state index in [4.69, 9.17) is 16.3 Å². The van der Waals surface area contributed by atoms with E-state index < -0.39 is 0 Å². The monoisotopic (exact) mass is 399 g/mol. The minimum absolute atomic E-state index is 0.186. The first kappa shape index (κ1) is 17.4. The zero-order valence-electron chi connectivity index (χ0n) is 14.4. The molecular weight excluding hydrogens is 386 g/mol. The lowest BCUT2D eigenvalue weighted by Gasteiger charge is -2.05. The van der Waals surface area contributed by atoms with Gasteiger partial charge < -0.3 is 15.0 Å². The van der Waals surface area contributed by atoms with E-state index >= 15 is 0 Å². The fraction of sp³-hybridized carbons (Fsp3) is 0.111. The number of amides is 1. The maximum absolute atomic E-state index is 11.4. The van der Waals surface area contributed by atoms with Crippen molar-refractivity contribution in [3.05, 3.63) is 41.8 Å². The summed E-state index contributed by atoms with van der Waals surface area (Å²) < 4.78 is 5.28. The molecule has 4 aromatic heterocycles. The number of hydrogen-bond acceptors (Lipinski definition) is 6. The molecule has 9 heteroatoms. The molecule has 0 aromatic carbocycles. The van der Waals surface area contributed by atoms with Gasteiger partial charge in [0.05, 0.1) is 40.6 Å². The molecule has 4 aromatic rings. The third-order valence-electron chi connectivity index (χ3n) is 3.85. The maximum atomic E-state index is 11.4. The summed E-state index contributed by atoms with van der Waals surface area (Å²) in [5, 5.41) is 4.70. The molecule has 0 radical (unpaired) electrons. The quantitative estimate of drug-likeness (QED) is 0.531. The largest absolute Gasteiger partial charge is 0.486 e. The Kier molecular flexibility index (Phi) is 4.51. The predicted molar refractivity (Wildman–Crippen MR) is 106 cm³/mol. The highest BCUT2D eigenvalue weighted by Gasteiger charge is 2.20. The van der Waals surface area contributed by atoms with Gasteiger partial charge in [-0.25, -0.2) is 9.97 Å². The molecule has 0 saturated carbocycles. The van der Waals surface area contributed by atoms with Crippen molar-refractivity contribution in [1.29, 1.82) is 0 Å². The second kappa shape index (κ2) is 6.98. The van der Waals surface area contributed by atoms with Crippen LogP contribution in [0.2, 0.25) is 5.02 Å². The number of halogens is 1. The van der Waals surface area contributed by atoms with Gasteiger partial charge in [0.1, 0.15) is 10.8 Å². The van der Waals surface area contributed by atoms with Crippen molar-refractivity contribution < 1.29 is 9.53 Å². The Balaban J connectivity index is 1.94. The van der Waals surface area contributed by atoms with E-state index in [1.54, 1.807) is 31.8 Å². The highest BCUT2D eigenvalue weighted by Crippen LogP contribution is 2.41. The van der Waals surface area contributed by atoms with E-state index in [-0.39, 0.29) is 5.91 Å². The van der Waals surface area contributed by atoms with Crippen LogP contribution in [-0.4, -0.2) is 33.0 Å². The van der Waals surface area contributed by atoms with Gasteiger partial charge in [-0.05, 0) is 18.2 Å². The summed E-state index contributed by atoms with van der Waals surface area (Å²) in [5.74, 6) is 0.280. The molecule has 1 amide bonds. The second-order valence-corrected chi connectivity index (χ2v) is 7.15. The zero-order chi connectivity index (χ0) is 19.0. The number of anilines is 1. The predicted octanol–water partition coefficient (Wildman–Crippen LogP) is 4.37. The van der Waals surface area contributed by atoms with E-state index in [0.29, 0.717) is 15.9 Å². The third kappa shape index (κ3) is 3.36. The molecule has 0 saturated heterocycles. The van der Waals surface area contributed by atoms with Crippen LogP contribution in [0.1, 0.15) is 6.92 Å². The molecule has 4 rings (SSSR count). The van der Waals surface area contributed by atoms with Crippen LogP contribution in [0.5, 0.6) is 5.06 Å². The van der Waals surface area contributed by atoms with Crippen molar-refractivity contribution in [2.45, 2.75) is 6.92 Å². The second-order valence-electron chi connectivity index (χ2n) is 5.72. The maximum Gasteiger partial charge on any atom is 0.222 e. The van der Waals surface area contributed by atoms with Crippen LogP contribution in [0.4, 0.5) is 5.82 Å². The van der Waals surface area contributed by atoms with E-state index in [1.165, 1.54) is 18.3 Å². The van der Waals surface area contributed by atoms with Gasteiger partial charge in [-0.3, -0.25) is 9.78 Å². The number of pyridine rings is 2. The van der Waals surface area contributed by atoms with Gasteiger partial charge in [0.2, 0.25) is 5.91 Å². The number of hydrogen-bond donors (Lipinski definition) is 2. The van der Waals surface area contributed by atoms with Gasteiger partial charge in [0.15, 0.2) is 5.06 Å². The van der Waals surface area contributed by atoms with Crippen LogP contribution < -0.4 is 10.1 Å². The van der Waals surface area contributed by atoms with E-state index in [0.717, 1.165) is 32.9 Å². The topological polar surface area (TPSA) is 92.8 Å². The molecule has 27 heavy (non-hydrogen) atoms. The first-order chi connectivity index (χ1) is 13.0. The number of aromatic nitrogens is 4. The van der Waals surface area contributed by atoms with Crippen molar-refractivity contribution in [3.8, 4) is 26.9 Å². The van der Waals surface area contributed by atoms with Crippen LogP contribution in [0.15, 0.2) is 36.8 Å². The summed E-state index contributed by atoms with van der Waals surface area (Å²) >= 11 is 7.53. The fourth-order valence-corrected chi connectivity index (χ4v) is 3.72. The molecule has 4 heterocycles. The third-order valence-corrected chi connectivity index (χ3v) is 5.04. The van der Waals surface area contributed by atoms with Gasteiger partial charge in [0, 0.05) is 24.9 Å². The zero-order valence-corrected chi connectivity index (χ0v) is 16.0. The molecule has 7 nitrogen and oxygen atoms in total. The number of nitrogens with one attached hydrogen (secondary N) is 2. The van der Waals surface area contributed by atoms with Crippen molar-refractivity contribution >= 4 is 45.7 Å². The number of nitrogens with zero attached hydrogens (tertiary/aromatic N) is 3. The Morgan fingerprint density at radius 2 is 2.11 bits per heavy atom. The summed E-state index contributed by atoms with van der Waals surface area (Å²) in [6, 6.07) is 5.46. The lowest BCUT2D eigenvalue weighted by atomic mass is 10.1. The Morgan fingerprint density at radius 3 is 2.85 bits per heavy atom. The van der Waals surface area contributed by atoms with E-state index in [1.807, 2.05) is 12.1 Å². The van der Waals surface area contributed by atoms with Gasteiger partial charge >= 0.3 is 0 Å². The van der Waals surface area contributed by atoms with Crippen LogP contribution in [0, 0.1) is 0 Å². The SMILES string of the molecule is COc1cnc(-c2c(-c3ccnc(NC(C)=O)c3)[nH]c3cc(Cl)cnc23)s1. The summed E-state index contributed by atoms with van der Waals surface area (Å²) in [6.45, 7) is 1.44. The molecule has 0 unspecified atom stereocenters. The Morgan fingerprint density at radius 1 is 1.26 bits per heavy atom. The standard InChI is InChI=1S/C18H14ClN5O2S/c1-9(25)23-13-5-10(3-4-20-13)16-15(18-22-8-14(26-2)27-18)17-12(24-16)6-11(19)7-21-17/h3-8,24H,1-2H3,(H,20,23,25). The smallest absolute Gasteiger partial charge is 0.222 e. The Labute approximate surface area is 163 Å². The molecule has 0 aliphatic rings. The summed E-state index contributed by atoms with van der Waals surface area (Å²) in [4.78, 5) is 27.9. The lowest BCUT2D eigenvalue weighted by Crippen LogP contribution is -2.07. The highest BCUT2D eigenvalue weighted by molar-refractivity contribution is 7.16. The van der Waals surface area contributed by atoms with Crippen molar-refractivity contribution in [1.82, 2.24) is 19.9 Å². The van der Waals surface area contributed by atoms with Gasteiger partial charge in [-0.1, -0.05) is 22.9 Å². The van der Waals surface area contributed by atoms with Crippen LogP contribution in [0.25, 0.3) is 32.9 Å². The van der Waals surface area contributed by atoms with Crippen LogP contribution in [-0.2, 0) is 4.79 Å². The highest BCUT2D eigenvalue weighted by atomic mass is 35.5. The molecular formula is C18H14ClN5O2S. The average Bonchev–Trinajstić information content (AvgIpc) is 3.24. The van der Waals surface area contributed by atoms with Crippen molar-refractivity contribution in [2.75, 3.05) is 12.4 Å². The molecule has 136 valence electrons. The van der Waals surface area contributed by atoms with Crippen LogP contribution >= 0.6 is 22.9 Å². The minimum atomic E-state index is -0.186. The summed E-state index contributed by atoms with van der Waals surface area (Å²) in [7, 11) is 1.61. The summed E-state index contributed by atoms with van der Waals surface area (Å²) in [6.07, 6.45) is 4.91. The Hall–Kier alpha value is -2.97. The van der Waals surface area contributed by atoms with E-state index in [2.05, 4.69) is 25.3 Å². The number of thiazole rings is 1. The molecule has 2 N–H and O–H groups in total. The molecule has 0 atom stereocenters. The number of fused-ring (bicyclic) bond motifs is 1. The van der Waals surface area contributed by atoms with Crippen molar-refractivity contribution in [3.63, 3.8) is 0 Å². The Bertz CT molecular complexity index is 1150. The van der Waals surface area contributed by atoms with Crippen LogP contribution in [0.3, 0.4) is 0 Å². The first-order valence-electron chi connectivity index (χ1n) is 7.96. The summed E-state index contributed by atoms with van der Waals surface area (Å²) in [5.41, 5.74) is 4.04. The van der Waals surface area contributed by atoms with Crippen molar-refractivity contribution in [2.24, 2.45) is 0 Å².